The molecular weight excluding hydrogens is 360 g/mol. The van der Waals surface area contributed by atoms with Crippen molar-refractivity contribution in [3.63, 3.8) is 0 Å². The Morgan fingerprint density at radius 2 is 1.82 bits per heavy atom. The van der Waals surface area contributed by atoms with E-state index >= 15 is 0 Å². The van der Waals surface area contributed by atoms with Gasteiger partial charge in [0, 0.05) is 16.1 Å². The van der Waals surface area contributed by atoms with Crippen LogP contribution in [-0.2, 0) is 6.18 Å². The van der Waals surface area contributed by atoms with E-state index in [4.69, 9.17) is 28.4 Å². The molecule has 22 heavy (non-hydrogen) atoms. The number of halogens is 5. The first kappa shape index (κ1) is 16.9. The summed E-state index contributed by atoms with van der Waals surface area (Å²) in [6, 6.07) is 7.31. The van der Waals surface area contributed by atoms with Crippen LogP contribution in [0.25, 0.3) is 0 Å². The highest BCUT2D eigenvalue weighted by Gasteiger charge is 2.32. The molecular formula is C13H7Cl2F3N2OS. The zero-order valence-corrected chi connectivity index (χ0v) is 12.9. The normalized spacial score (nSPS) is 12.5. The number of rotatable bonds is 2. The fourth-order valence-electron chi connectivity index (χ4n) is 1.48. The minimum atomic E-state index is -4.55. The largest absolute Gasteiger partial charge is 0.417 e. The van der Waals surface area contributed by atoms with Crippen LogP contribution in [0.5, 0.6) is 0 Å². The summed E-state index contributed by atoms with van der Waals surface area (Å²) in [5.41, 5.74) is -1.02. The molecule has 0 fully saturated rings. The number of hydrogen-bond donors (Lipinski definition) is 1. The molecule has 0 aliphatic rings. The number of alkyl halides is 3. The molecule has 9 heteroatoms. The lowest BCUT2D eigenvalue weighted by Gasteiger charge is -2.09. The Labute approximate surface area is 137 Å². The summed E-state index contributed by atoms with van der Waals surface area (Å²) in [5, 5.41) is 12.4. The molecule has 0 unspecified atom stereocenters. The Balaban J connectivity index is 2.30. The van der Waals surface area contributed by atoms with E-state index in [1.54, 1.807) is 24.3 Å². The SMILES string of the molecule is ON=C(Sc1ccc(Cl)cc1)c1ncc(C(F)(F)F)cc1Cl. The van der Waals surface area contributed by atoms with Gasteiger partial charge >= 0.3 is 6.18 Å². The van der Waals surface area contributed by atoms with Gasteiger partial charge in [0.2, 0.25) is 0 Å². The molecule has 2 aromatic rings. The van der Waals surface area contributed by atoms with Gasteiger partial charge in [0.15, 0.2) is 5.04 Å². The zero-order valence-electron chi connectivity index (χ0n) is 10.6. The minimum absolute atomic E-state index is 0.0268. The van der Waals surface area contributed by atoms with Crippen LogP contribution in [0, 0.1) is 0 Å². The van der Waals surface area contributed by atoms with Gasteiger partial charge in [-0.2, -0.15) is 13.2 Å². The third-order valence-electron chi connectivity index (χ3n) is 2.49. The van der Waals surface area contributed by atoms with Crippen molar-refractivity contribution >= 4 is 40.0 Å². The summed E-state index contributed by atoms with van der Waals surface area (Å²) in [6.45, 7) is 0. The first-order chi connectivity index (χ1) is 10.3. The second-order valence-corrected chi connectivity index (χ2v) is 5.92. The average Bonchev–Trinajstić information content (AvgIpc) is 2.46. The summed E-state index contributed by atoms with van der Waals surface area (Å²) >= 11 is 12.6. The van der Waals surface area contributed by atoms with E-state index in [1.807, 2.05) is 0 Å². The molecule has 3 nitrogen and oxygen atoms in total. The molecule has 116 valence electrons. The van der Waals surface area contributed by atoms with Gasteiger partial charge in [0.25, 0.3) is 0 Å². The van der Waals surface area contributed by atoms with Gasteiger partial charge in [-0.25, -0.2) is 0 Å². The molecule has 1 N–H and O–H groups in total. The van der Waals surface area contributed by atoms with Crippen molar-refractivity contribution in [3.05, 3.63) is 57.8 Å². The van der Waals surface area contributed by atoms with E-state index in [9.17, 15) is 13.2 Å². The lowest BCUT2D eigenvalue weighted by Crippen LogP contribution is -2.08. The molecule has 1 heterocycles. The number of aromatic nitrogens is 1. The first-order valence-corrected chi connectivity index (χ1v) is 7.27. The Bertz CT molecular complexity index is 705. The smallest absolute Gasteiger partial charge is 0.410 e. The van der Waals surface area contributed by atoms with Gasteiger partial charge in [0.05, 0.1) is 10.6 Å². The van der Waals surface area contributed by atoms with Crippen molar-refractivity contribution in [2.75, 3.05) is 0 Å². The Hall–Kier alpha value is -1.44. The maximum absolute atomic E-state index is 12.6. The van der Waals surface area contributed by atoms with Crippen molar-refractivity contribution in [2.45, 2.75) is 11.1 Å². The molecule has 0 saturated heterocycles. The van der Waals surface area contributed by atoms with Crippen LogP contribution in [0.1, 0.15) is 11.3 Å². The Morgan fingerprint density at radius 1 is 1.18 bits per heavy atom. The van der Waals surface area contributed by atoms with E-state index in [0.717, 1.165) is 17.8 Å². The Kier molecular flexibility index (Phi) is 5.20. The molecule has 0 bridgehead atoms. The van der Waals surface area contributed by atoms with Crippen molar-refractivity contribution < 1.29 is 18.4 Å². The molecule has 0 spiro atoms. The molecule has 0 atom stereocenters. The molecule has 1 aromatic carbocycles. The van der Waals surface area contributed by atoms with E-state index < -0.39 is 11.7 Å². The summed E-state index contributed by atoms with van der Waals surface area (Å²) in [4.78, 5) is 4.30. The second-order valence-electron chi connectivity index (χ2n) is 4.01. The number of nitrogens with zero attached hydrogens (tertiary/aromatic N) is 2. The van der Waals surface area contributed by atoms with E-state index in [2.05, 4.69) is 10.1 Å². The van der Waals surface area contributed by atoms with E-state index in [1.165, 1.54) is 0 Å². The molecule has 0 aliphatic heterocycles. The van der Waals surface area contributed by atoms with Gasteiger partial charge < -0.3 is 5.21 Å². The third-order valence-corrected chi connectivity index (χ3v) is 4.01. The molecule has 0 amide bonds. The standard InChI is InChI=1S/C13H7Cl2F3N2OS/c14-8-1-3-9(4-2-8)22-12(20-21)11-10(15)5-7(6-19-11)13(16,17)18/h1-6,21H. The van der Waals surface area contributed by atoms with E-state index in [-0.39, 0.29) is 15.8 Å². The number of thioether (sulfide) groups is 1. The topological polar surface area (TPSA) is 45.5 Å². The predicted molar refractivity (Wildman–Crippen MR) is 79.9 cm³/mol. The van der Waals surface area contributed by atoms with Gasteiger partial charge in [-0.15, -0.1) is 0 Å². The summed E-state index contributed by atoms with van der Waals surface area (Å²) < 4.78 is 37.7. The van der Waals surface area contributed by atoms with Gasteiger partial charge in [0.1, 0.15) is 5.69 Å². The van der Waals surface area contributed by atoms with Crippen LogP contribution in [-0.4, -0.2) is 15.2 Å². The van der Waals surface area contributed by atoms with Crippen LogP contribution < -0.4 is 0 Å². The van der Waals surface area contributed by atoms with Crippen molar-refractivity contribution in [2.24, 2.45) is 5.16 Å². The highest BCUT2D eigenvalue weighted by molar-refractivity contribution is 8.14. The van der Waals surface area contributed by atoms with Crippen LogP contribution in [0.2, 0.25) is 10.0 Å². The van der Waals surface area contributed by atoms with Crippen molar-refractivity contribution in [1.82, 2.24) is 4.98 Å². The predicted octanol–water partition coefficient (Wildman–Crippen LogP) is 5.34. The minimum Gasteiger partial charge on any atom is -0.410 e. The van der Waals surface area contributed by atoms with Gasteiger partial charge in [-0.1, -0.05) is 40.1 Å². The second kappa shape index (κ2) is 6.76. The fourth-order valence-corrected chi connectivity index (χ4v) is 2.71. The van der Waals surface area contributed by atoms with E-state index in [0.29, 0.717) is 16.1 Å². The monoisotopic (exact) mass is 366 g/mol. The van der Waals surface area contributed by atoms with Crippen molar-refractivity contribution in [3.8, 4) is 0 Å². The Morgan fingerprint density at radius 3 is 2.32 bits per heavy atom. The van der Waals surface area contributed by atoms with Crippen LogP contribution in [0.3, 0.4) is 0 Å². The maximum atomic E-state index is 12.6. The zero-order chi connectivity index (χ0) is 16.3. The molecule has 2 rings (SSSR count). The molecule has 1 aromatic heterocycles. The number of oxime groups is 1. The van der Waals surface area contributed by atoms with Gasteiger partial charge in [-0.3, -0.25) is 4.98 Å². The van der Waals surface area contributed by atoms with Gasteiger partial charge in [-0.05, 0) is 30.3 Å². The molecule has 0 saturated carbocycles. The van der Waals surface area contributed by atoms with Crippen LogP contribution >= 0.6 is 35.0 Å². The summed E-state index contributed by atoms with van der Waals surface area (Å²) in [6.07, 6.45) is -3.91. The lowest BCUT2D eigenvalue weighted by molar-refractivity contribution is -0.137. The lowest BCUT2D eigenvalue weighted by atomic mass is 10.2. The number of pyridine rings is 1. The fraction of sp³-hybridized carbons (Fsp3) is 0.0769. The third kappa shape index (κ3) is 4.06. The molecule has 0 radical (unpaired) electrons. The first-order valence-electron chi connectivity index (χ1n) is 5.70. The average molecular weight is 367 g/mol. The van der Waals surface area contributed by atoms with Crippen LogP contribution in [0.4, 0.5) is 13.2 Å². The maximum Gasteiger partial charge on any atom is 0.417 e. The number of hydrogen-bond acceptors (Lipinski definition) is 4. The number of benzene rings is 1. The van der Waals surface area contributed by atoms with Crippen LogP contribution in [0.15, 0.2) is 46.6 Å². The highest BCUT2D eigenvalue weighted by atomic mass is 35.5. The van der Waals surface area contributed by atoms with Crippen molar-refractivity contribution in [1.29, 1.82) is 0 Å². The summed E-state index contributed by atoms with van der Waals surface area (Å²) in [7, 11) is 0. The quantitative estimate of drug-likeness (QED) is 0.256. The highest BCUT2D eigenvalue weighted by Crippen LogP contribution is 2.33. The summed E-state index contributed by atoms with van der Waals surface area (Å²) in [5.74, 6) is 0. The molecule has 0 aliphatic carbocycles.